The van der Waals surface area contributed by atoms with Crippen LogP contribution in [0.2, 0.25) is 0 Å². The second-order valence-corrected chi connectivity index (χ2v) is 4.07. The number of rotatable bonds is 6. The number of amides is 1. The second-order valence-electron chi connectivity index (χ2n) is 4.07. The zero-order valence-electron chi connectivity index (χ0n) is 11.1. The maximum atomic E-state index is 11.5. The number of ether oxygens (including phenoxy) is 1. The second kappa shape index (κ2) is 8.34. The summed E-state index contributed by atoms with van der Waals surface area (Å²) in [6, 6.07) is 9.30. The number of carbonyl (C=O) groups is 1. The smallest absolute Gasteiger partial charge is 0.411 e. The molecule has 0 heterocycles. The number of para-hydroxylation sites is 1. The molecule has 3 heteroatoms. The van der Waals surface area contributed by atoms with Crippen LogP contribution in [0.3, 0.4) is 0 Å². The van der Waals surface area contributed by atoms with E-state index in [0.717, 1.165) is 24.9 Å². The highest BCUT2D eigenvalue weighted by atomic mass is 16.5. The molecule has 3 nitrogen and oxygen atoms in total. The fourth-order valence-electron chi connectivity index (χ4n) is 1.49. The number of allylic oxidation sites excluding steroid dienone is 1. The minimum atomic E-state index is -0.406. The third-order valence-electron chi connectivity index (χ3n) is 2.58. The zero-order chi connectivity index (χ0) is 13.2. The number of carbonyl (C=O) groups excluding carboxylic acids is 1. The Hall–Kier alpha value is -1.77. The summed E-state index contributed by atoms with van der Waals surface area (Å²) in [7, 11) is 0. The van der Waals surface area contributed by atoms with E-state index in [-0.39, 0.29) is 0 Å². The lowest BCUT2D eigenvalue weighted by atomic mass is 10.1. The van der Waals surface area contributed by atoms with Crippen molar-refractivity contribution in [2.24, 2.45) is 0 Å². The molecule has 0 bridgehead atoms. The molecule has 98 valence electrons. The van der Waals surface area contributed by atoms with Crippen molar-refractivity contribution in [2.75, 3.05) is 11.9 Å². The molecule has 0 aliphatic carbocycles. The summed E-state index contributed by atoms with van der Waals surface area (Å²) < 4.78 is 5.18. The van der Waals surface area contributed by atoms with Crippen LogP contribution in [0.1, 0.15) is 33.1 Å². The molecule has 18 heavy (non-hydrogen) atoms. The molecule has 0 spiro atoms. The quantitative estimate of drug-likeness (QED) is 0.758. The van der Waals surface area contributed by atoms with Gasteiger partial charge in [0.2, 0.25) is 0 Å². The molecule has 0 atom stereocenters. The van der Waals surface area contributed by atoms with Crippen LogP contribution in [0.15, 0.2) is 42.0 Å². The summed E-state index contributed by atoms with van der Waals surface area (Å²) >= 11 is 0. The van der Waals surface area contributed by atoms with Crippen LogP contribution >= 0.6 is 0 Å². The summed E-state index contributed by atoms with van der Waals surface area (Å²) in [4.78, 5) is 11.5. The predicted molar refractivity (Wildman–Crippen MR) is 74.7 cm³/mol. The molecule has 0 saturated carbocycles. The highest BCUT2D eigenvalue weighted by Gasteiger charge is 2.03. The molecule has 0 fully saturated rings. The van der Waals surface area contributed by atoms with Gasteiger partial charge in [0.1, 0.15) is 6.61 Å². The average Bonchev–Trinajstić information content (AvgIpc) is 2.40. The number of hydrogen-bond donors (Lipinski definition) is 1. The molecule has 0 aromatic heterocycles. The summed E-state index contributed by atoms with van der Waals surface area (Å²) in [5.41, 5.74) is 1.91. The molecule has 1 aromatic carbocycles. The Morgan fingerprint density at radius 3 is 2.61 bits per heavy atom. The first-order valence-electron chi connectivity index (χ1n) is 6.43. The van der Waals surface area contributed by atoms with Gasteiger partial charge in [-0.1, -0.05) is 44.5 Å². The average molecular weight is 247 g/mol. The van der Waals surface area contributed by atoms with E-state index in [4.69, 9.17) is 4.74 Å². The Morgan fingerprint density at radius 1 is 1.28 bits per heavy atom. The van der Waals surface area contributed by atoms with Gasteiger partial charge in [0.15, 0.2) is 0 Å². The first-order chi connectivity index (χ1) is 8.76. The van der Waals surface area contributed by atoms with E-state index in [9.17, 15) is 4.79 Å². The van der Waals surface area contributed by atoms with Gasteiger partial charge in [0.05, 0.1) is 0 Å². The fraction of sp³-hybridized carbons (Fsp3) is 0.400. The van der Waals surface area contributed by atoms with Crippen molar-refractivity contribution in [3.63, 3.8) is 0 Å². The summed E-state index contributed by atoms with van der Waals surface area (Å²) in [6.45, 7) is 4.57. The van der Waals surface area contributed by atoms with Gasteiger partial charge in [-0.05, 0) is 30.5 Å². The van der Waals surface area contributed by atoms with Gasteiger partial charge >= 0.3 is 6.09 Å². The number of anilines is 1. The van der Waals surface area contributed by atoms with E-state index in [0.29, 0.717) is 6.61 Å². The van der Waals surface area contributed by atoms with Crippen molar-refractivity contribution >= 4 is 11.8 Å². The third-order valence-corrected chi connectivity index (χ3v) is 2.58. The van der Waals surface area contributed by atoms with Gasteiger partial charge in [-0.15, -0.1) is 0 Å². The lowest BCUT2D eigenvalue weighted by molar-refractivity contribution is 0.170. The van der Waals surface area contributed by atoms with Gasteiger partial charge in [-0.2, -0.15) is 0 Å². The van der Waals surface area contributed by atoms with Gasteiger partial charge < -0.3 is 4.74 Å². The SMILES string of the molecule is CCC/C=C(\CC)COC(=O)Nc1ccccc1. The zero-order valence-corrected chi connectivity index (χ0v) is 11.1. The van der Waals surface area contributed by atoms with Gasteiger partial charge in [0.25, 0.3) is 0 Å². The largest absolute Gasteiger partial charge is 0.445 e. The molecular formula is C15H21NO2. The topological polar surface area (TPSA) is 38.3 Å². The molecule has 0 aliphatic heterocycles. The predicted octanol–water partition coefficient (Wildman–Crippen LogP) is 4.37. The van der Waals surface area contributed by atoms with E-state index in [1.807, 2.05) is 30.3 Å². The first kappa shape index (κ1) is 14.3. The molecule has 0 aliphatic rings. The van der Waals surface area contributed by atoms with Gasteiger partial charge in [-0.3, -0.25) is 5.32 Å². The van der Waals surface area contributed by atoms with Crippen LogP contribution in [0.4, 0.5) is 10.5 Å². The lowest BCUT2D eigenvalue weighted by Gasteiger charge is -2.08. The van der Waals surface area contributed by atoms with Crippen LogP contribution in [-0.2, 0) is 4.74 Å². The molecule has 1 rings (SSSR count). The van der Waals surface area contributed by atoms with Crippen LogP contribution in [0.5, 0.6) is 0 Å². The van der Waals surface area contributed by atoms with Crippen LogP contribution < -0.4 is 5.32 Å². The summed E-state index contributed by atoms with van der Waals surface area (Å²) in [5.74, 6) is 0. The number of hydrogen-bond acceptors (Lipinski definition) is 2. The standard InChI is InChI=1S/C15H21NO2/c1-3-5-9-13(4-2)12-18-15(17)16-14-10-7-6-8-11-14/h6-11H,3-5,12H2,1-2H3,(H,16,17)/b13-9+. The van der Waals surface area contributed by atoms with Crippen molar-refractivity contribution < 1.29 is 9.53 Å². The first-order valence-corrected chi connectivity index (χ1v) is 6.43. The Kier molecular flexibility index (Phi) is 6.62. The minimum Gasteiger partial charge on any atom is -0.445 e. The summed E-state index contributed by atoms with van der Waals surface area (Å²) in [6.07, 6.45) is 4.80. The Labute approximate surface area is 109 Å². The Morgan fingerprint density at radius 2 is 2.00 bits per heavy atom. The molecule has 0 unspecified atom stereocenters. The van der Waals surface area contributed by atoms with E-state index in [1.165, 1.54) is 5.57 Å². The lowest BCUT2D eigenvalue weighted by Crippen LogP contribution is -2.15. The van der Waals surface area contributed by atoms with E-state index in [2.05, 4.69) is 25.2 Å². The highest BCUT2D eigenvalue weighted by molar-refractivity contribution is 5.84. The van der Waals surface area contributed by atoms with Gasteiger partial charge in [-0.25, -0.2) is 4.79 Å². The minimum absolute atomic E-state index is 0.370. The number of nitrogens with one attached hydrogen (secondary N) is 1. The van der Waals surface area contributed by atoms with Crippen LogP contribution in [0.25, 0.3) is 0 Å². The maximum Gasteiger partial charge on any atom is 0.411 e. The summed E-state index contributed by atoms with van der Waals surface area (Å²) in [5, 5.41) is 2.69. The maximum absolute atomic E-state index is 11.5. The van der Waals surface area contributed by atoms with Crippen LogP contribution in [0, 0.1) is 0 Å². The van der Waals surface area contributed by atoms with Crippen LogP contribution in [-0.4, -0.2) is 12.7 Å². The van der Waals surface area contributed by atoms with Crippen molar-refractivity contribution in [1.82, 2.24) is 0 Å². The fourth-order valence-corrected chi connectivity index (χ4v) is 1.49. The molecule has 0 radical (unpaired) electrons. The molecule has 1 amide bonds. The normalized spacial score (nSPS) is 11.1. The molecule has 1 aromatic rings. The van der Waals surface area contributed by atoms with Crippen molar-refractivity contribution in [1.29, 1.82) is 0 Å². The molecular weight excluding hydrogens is 226 g/mol. The van der Waals surface area contributed by atoms with Crippen molar-refractivity contribution in [3.8, 4) is 0 Å². The number of benzene rings is 1. The Balaban J connectivity index is 2.36. The number of unbranched alkanes of at least 4 members (excludes halogenated alkanes) is 1. The highest BCUT2D eigenvalue weighted by Crippen LogP contribution is 2.08. The molecule has 0 saturated heterocycles. The van der Waals surface area contributed by atoms with Crippen molar-refractivity contribution in [3.05, 3.63) is 42.0 Å². The van der Waals surface area contributed by atoms with Crippen molar-refractivity contribution in [2.45, 2.75) is 33.1 Å². The van der Waals surface area contributed by atoms with E-state index >= 15 is 0 Å². The van der Waals surface area contributed by atoms with E-state index in [1.54, 1.807) is 0 Å². The van der Waals surface area contributed by atoms with Gasteiger partial charge in [0, 0.05) is 5.69 Å². The Bertz CT molecular complexity index is 385. The monoisotopic (exact) mass is 247 g/mol. The molecule has 1 N–H and O–H groups in total. The third kappa shape index (κ3) is 5.53. The van der Waals surface area contributed by atoms with E-state index < -0.39 is 6.09 Å².